The zero-order valence-corrected chi connectivity index (χ0v) is 16.3. The first-order chi connectivity index (χ1) is 9.41. The average molecular weight is 371 g/mol. The molecule has 1 aromatic heterocycles. The largest absolute Gasteiger partial charge is 0.495 e. The van der Waals surface area contributed by atoms with Crippen LogP contribution in [0.2, 0.25) is 0 Å². The normalized spacial score (nSPS) is 12.7. The minimum absolute atomic E-state index is 0. The molecule has 3 rings (SSSR count). The monoisotopic (exact) mass is 371 g/mol. The van der Waals surface area contributed by atoms with E-state index in [1.807, 2.05) is 0 Å². The van der Waals surface area contributed by atoms with Crippen molar-refractivity contribution < 1.29 is 22.4 Å². The van der Waals surface area contributed by atoms with Gasteiger partial charge in [0.15, 0.2) is 0 Å². The third kappa shape index (κ3) is 3.06. The standard InChI is InChI=1S/C11H8O5S4.Na/c1-15-8-3-7-5(2-9(8)20(12,13)14)10-6(4-16-7)11(17)19-18-10;/h2-3H,4H2,1H3,(H,12,13,14);. The van der Waals surface area contributed by atoms with Crippen molar-refractivity contribution in [2.75, 3.05) is 7.11 Å². The summed E-state index contributed by atoms with van der Waals surface area (Å²) in [6.07, 6.45) is 0. The van der Waals surface area contributed by atoms with E-state index in [2.05, 4.69) is 0 Å². The maximum atomic E-state index is 11.4. The van der Waals surface area contributed by atoms with Crippen molar-refractivity contribution in [2.45, 2.75) is 11.5 Å². The molecule has 5 nitrogen and oxygen atoms in total. The third-order valence-electron chi connectivity index (χ3n) is 2.88. The molecule has 0 saturated heterocycles. The molecule has 0 atom stereocenters. The van der Waals surface area contributed by atoms with Gasteiger partial charge in [0.25, 0.3) is 10.1 Å². The van der Waals surface area contributed by atoms with Crippen molar-refractivity contribution in [3.8, 4) is 21.9 Å². The van der Waals surface area contributed by atoms with E-state index >= 15 is 0 Å². The van der Waals surface area contributed by atoms with Gasteiger partial charge in [0.05, 0.1) is 12.0 Å². The molecule has 0 saturated carbocycles. The molecule has 1 N–H and O–H groups in total. The Kier molecular flexibility index (Phi) is 5.16. The summed E-state index contributed by atoms with van der Waals surface area (Å²) in [5.74, 6) is 0.569. The molecule has 1 radical (unpaired) electrons. The molecule has 2 aromatic rings. The molecule has 0 unspecified atom stereocenters. The van der Waals surface area contributed by atoms with Crippen LogP contribution in [0.4, 0.5) is 0 Å². The van der Waals surface area contributed by atoms with E-state index in [-0.39, 0.29) is 40.2 Å². The van der Waals surface area contributed by atoms with Gasteiger partial charge in [-0.05, 0) is 6.07 Å². The van der Waals surface area contributed by atoms with Crippen molar-refractivity contribution in [2.24, 2.45) is 0 Å². The van der Waals surface area contributed by atoms with E-state index in [0.717, 1.165) is 14.3 Å². The third-order valence-corrected chi connectivity index (χ3v) is 6.93. The number of ether oxygens (including phenoxy) is 2. The summed E-state index contributed by atoms with van der Waals surface area (Å²) in [6, 6.07) is 2.83. The molecule has 0 aliphatic carbocycles. The van der Waals surface area contributed by atoms with E-state index in [0.29, 0.717) is 17.9 Å². The van der Waals surface area contributed by atoms with E-state index in [4.69, 9.17) is 21.7 Å². The Morgan fingerprint density at radius 3 is 2.71 bits per heavy atom. The molecule has 1 aromatic carbocycles. The Balaban J connectivity index is 0.00000161. The van der Waals surface area contributed by atoms with Crippen LogP contribution in [0.1, 0.15) is 5.56 Å². The summed E-state index contributed by atoms with van der Waals surface area (Å²) >= 11 is 5.21. The summed E-state index contributed by atoms with van der Waals surface area (Å²) in [5.41, 5.74) is 1.49. The van der Waals surface area contributed by atoms with Crippen LogP contribution in [0.5, 0.6) is 11.5 Å². The number of fused-ring (bicyclic) bond motifs is 3. The molecule has 0 fully saturated rings. The Morgan fingerprint density at radius 2 is 2.10 bits per heavy atom. The average Bonchev–Trinajstić information content (AvgIpc) is 2.78. The van der Waals surface area contributed by atoms with E-state index in [1.165, 1.54) is 39.9 Å². The van der Waals surface area contributed by atoms with Crippen LogP contribution in [-0.4, -0.2) is 49.6 Å². The molecule has 0 amide bonds. The molecule has 21 heavy (non-hydrogen) atoms. The topological polar surface area (TPSA) is 72.8 Å². The fourth-order valence-electron chi connectivity index (χ4n) is 1.95. The maximum absolute atomic E-state index is 11.4. The molecular weight excluding hydrogens is 363 g/mol. The van der Waals surface area contributed by atoms with Gasteiger partial charge in [0.1, 0.15) is 26.8 Å². The second-order valence-electron chi connectivity index (χ2n) is 4.02. The summed E-state index contributed by atoms with van der Waals surface area (Å²) < 4.78 is 43.5. The second kappa shape index (κ2) is 6.25. The van der Waals surface area contributed by atoms with Gasteiger partial charge in [-0.1, -0.05) is 32.9 Å². The molecule has 2 heterocycles. The number of methoxy groups -OCH3 is 1. The molecule has 0 bridgehead atoms. The summed E-state index contributed by atoms with van der Waals surface area (Å²) in [4.78, 5) is 0.605. The Morgan fingerprint density at radius 1 is 1.38 bits per heavy atom. The van der Waals surface area contributed by atoms with E-state index in [9.17, 15) is 13.0 Å². The SMILES string of the molecule is COc1cc2c(cc1S(=O)(=O)O)-c1ssc(=S)c1CO2.[Na]. The van der Waals surface area contributed by atoms with Crippen LogP contribution in [0.3, 0.4) is 0 Å². The van der Waals surface area contributed by atoms with Gasteiger partial charge in [-0.15, -0.1) is 0 Å². The van der Waals surface area contributed by atoms with Gasteiger partial charge in [-0.3, -0.25) is 4.55 Å². The number of hydrogen-bond acceptors (Lipinski definition) is 7. The van der Waals surface area contributed by atoms with E-state index < -0.39 is 10.1 Å². The zero-order valence-electron chi connectivity index (χ0n) is 11.1. The second-order valence-corrected chi connectivity index (χ2v) is 8.23. The first-order valence-corrected chi connectivity index (χ1v) is 9.36. The van der Waals surface area contributed by atoms with Gasteiger partial charge in [-0.25, -0.2) is 0 Å². The minimum atomic E-state index is -4.37. The Bertz CT molecular complexity index is 852. The van der Waals surface area contributed by atoms with Crippen LogP contribution in [0, 0.1) is 3.82 Å². The van der Waals surface area contributed by atoms with Crippen LogP contribution in [0.25, 0.3) is 10.4 Å². The number of hydrogen-bond donors (Lipinski definition) is 1. The van der Waals surface area contributed by atoms with Gasteiger partial charge >= 0.3 is 0 Å². The smallest absolute Gasteiger partial charge is 0.298 e. The maximum Gasteiger partial charge on any atom is 0.298 e. The molecule has 1 aliphatic rings. The quantitative estimate of drug-likeness (QED) is 0.379. The van der Waals surface area contributed by atoms with Crippen LogP contribution >= 0.6 is 32.9 Å². The van der Waals surface area contributed by atoms with Gasteiger partial charge < -0.3 is 9.47 Å². The zero-order chi connectivity index (χ0) is 14.5. The summed E-state index contributed by atoms with van der Waals surface area (Å²) in [6.45, 7) is 0.357. The van der Waals surface area contributed by atoms with E-state index in [1.54, 1.807) is 0 Å². The fourth-order valence-corrected chi connectivity index (χ4v) is 5.49. The molecule has 0 spiro atoms. The Labute approximate surface area is 156 Å². The predicted octanol–water partition coefficient (Wildman–Crippen LogP) is 2.97. The minimum Gasteiger partial charge on any atom is -0.495 e. The van der Waals surface area contributed by atoms with Gasteiger partial charge in [0.2, 0.25) is 0 Å². The molecule has 107 valence electrons. The van der Waals surface area contributed by atoms with Crippen molar-refractivity contribution in [3.05, 3.63) is 21.5 Å². The first kappa shape index (κ1) is 17.4. The first-order valence-electron chi connectivity index (χ1n) is 5.36. The Hall–Kier alpha value is -0.000000000000000222. The predicted molar refractivity (Wildman–Crippen MR) is 84.9 cm³/mol. The number of rotatable bonds is 2. The van der Waals surface area contributed by atoms with Crippen molar-refractivity contribution in [1.82, 2.24) is 0 Å². The van der Waals surface area contributed by atoms with Crippen LogP contribution in [-0.2, 0) is 16.7 Å². The van der Waals surface area contributed by atoms with Crippen LogP contribution in [0.15, 0.2) is 17.0 Å². The van der Waals surface area contributed by atoms with Gasteiger partial charge in [-0.2, -0.15) is 8.42 Å². The molecule has 1 aliphatic heterocycles. The van der Waals surface area contributed by atoms with Crippen LogP contribution < -0.4 is 9.47 Å². The molecular formula is C11H8NaO5S4. The van der Waals surface area contributed by atoms with Crippen molar-refractivity contribution in [1.29, 1.82) is 0 Å². The fraction of sp³-hybridized carbons (Fsp3) is 0.182. The summed E-state index contributed by atoms with van der Waals surface area (Å²) in [7, 11) is -0.133. The van der Waals surface area contributed by atoms with Crippen molar-refractivity contribution in [3.63, 3.8) is 0 Å². The molecule has 10 heteroatoms. The van der Waals surface area contributed by atoms with Crippen molar-refractivity contribution >= 4 is 72.6 Å². The van der Waals surface area contributed by atoms with Gasteiger partial charge in [0, 0.05) is 46.8 Å². The number of benzene rings is 1. The summed E-state index contributed by atoms with van der Waals surface area (Å²) in [5, 5.41) is 0.